The van der Waals surface area contributed by atoms with Gasteiger partial charge < -0.3 is 29.9 Å². The molecule has 12 heteroatoms. The van der Waals surface area contributed by atoms with Crippen molar-refractivity contribution in [2.24, 2.45) is 0 Å². The summed E-state index contributed by atoms with van der Waals surface area (Å²) < 4.78 is 49.4. The molecular formula is C29H34F3N5O3S. The molecular weight excluding hydrogens is 555 g/mol. The van der Waals surface area contributed by atoms with Crippen LogP contribution in [0.1, 0.15) is 18.5 Å². The molecule has 2 aromatic carbocycles. The third-order valence-electron chi connectivity index (χ3n) is 6.67. The molecule has 4 rings (SSSR count). The number of piperidine rings is 1. The summed E-state index contributed by atoms with van der Waals surface area (Å²) in [7, 11) is 5.47. The van der Waals surface area contributed by atoms with E-state index in [9.17, 15) is 18.0 Å². The molecule has 0 spiro atoms. The summed E-state index contributed by atoms with van der Waals surface area (Å²) >= 11 is 1.56. The number of carbonyl (C=O) groups excluding carboxylic acids is 1. The summed E-state index contributed by atoms with van der Waals surface area (Å²) in [4.78, 5) is 14.4. The number of aliphatic hydroxyl groups excluding tert-OH is 1. The average molecular weight is 590 g/mol. The highest BCUT2D eigenvalue weighted by molar-refractivity contribution is 7.97. The van der Waals surface area contributed by atoms with Crippen molar-refractivity contribution in [3.63, 3.8) is 0 Å². The number of hydrogen-bond acceptors (Lipinski definition) is 7. The topological polar surface area (TPSA) is 82.0 Å². The number of carbonyl (C=O) groups is 1. The van der Waals surface area contributed by atoms with E-state index >= 15 is 0 Å². The zero-order valence-corrected chi connectivity index (χ0v) is 24.0. The monoisotopic (exact) mass is 589 g/mol. The molecule has 3 N–H and O–H groups in total. The van der Waals surface area contributed by atoms with Crippen LogP contribution in [0.3, 0.4) is 0 Å². The lowest BCUT2D eigenvalue weighted by Gasteiger charge is -2.32. The molecule has 1 fully saturated rings. The van der Waals surface area contributed by atoms with Crippen LogP contribution in [0.2, 0.25) is 0 Å². The number of halogens is 3. The molecule has 0 aliphatic carbocycles. The van der Waals surface area contributed by atoms with Crippen molar-refractivity contribution in [2.45, 2.75) is 36.5 Å². The lowest BCUT2D eigenvalue weighted by molar-refractivity contribution is -0.140. The van der Waals surface area contributed by atoms with Gasteiger partial charge in [0.15, 0.2) is 0 Å². The third-order valence-corrected chi connectivity index (χ3v) is 7.50. The molecule has 0 atom stereocenters. The summed E-state index contributed by atoms with van der Waals surface area (Å²) in [5.74, 6) is 6.24. The second kappa shape index (κ2) is 13.4. The van der Waals surface area contributed by atoms with E-state index in [4.69, 9.17) is 9.84 Å². The number of likely N-dealkylation sites (tertiary alicyclic amines) is 1. The van der Waals surface area contributed by atoms with Crippen molar-refractivity contribution < 1.29 is 27.8 Å². The summed E-state index contributed by atoms with van der Waals surface area (Å²) in [6.45, 7) is -0.445. The van der Waals surface area contributed by atoms with E-state index in [2.05, 4.69) is 22.5 Å². The van der Waals surface area contributed by atoms with Crippen LogP contribution in [0, 0.1) is 11.8 Å². The van der Waals surface area contributed by atoms with Crippen molar-refractivity contribution in [2.75, 3.05) is 58.1 Å². The molecule has 0 saturated carbocycles. The van der Waals surface area contributed by atoms with Gasteiger partial charge in [0.2, 0.25) is 5.91 Å². The van der Waals surface area contributed by atoms with Crippen LogP contribution in [-0.2, 0) is 11.3 Å². The lowest BCUT2D eigenvalue weighted by Crippen LogP contribution is -2.43. The Morgan fingerprint density at radius 2 is 1.93 bits per heavy atom. The maximum Gasteiger partial charge on any atom is 0.406 e. The molecule has 220 valence electrons. The first kappa shape index (κ1) is 30.4. The van der Waals surface area contributed by atoms with Crippen LogP contribution in [0.4, 0.5) is 24.5 Å². The second-order valence-corrected chi connectivity index (χ2v) is 11.2. The molecule has 1 saturated heterocycles. The Morgan fingerprint density at radius 3 is 2.59 bits per heavy atom. The van der Waals surface area contributed by atoms with Crippen molar-refractivity contribution in [1.29, 1.82) is 0 Å². The lowest BCUT2D eigenvalue weighted by atomic mass is 10.0. The molecule has 1 amide bonds. The minimum Gasteiger partial charge on any atom is -0.495 e. The first-order valence-electron chi connectivity index (χ1n) is 13.2. The maximum atomic E-state index is 13.6. The number of rotatable bonds is 9. The van der Waals surface area contributed by atoms with Gasteiger partial charge in [0.05, 0.1) is 30.6 Å². The smallest absolute Gasteiger partial charge is 0.406 e. The van der Waals surface area contributed by atoms with E-state index in [1.165, 1.54) is 4.57 Å². The molecule has 0 bridgehead atoms. The fraction of sp³-hybridized carbons (Fsp3) is 0.414. The summed E-state index contributed by atoms with van der Waals surface area (Å²) in [6, 6.07) is 12.7. The molecule has 0 radical (unpaired) electrons. The predicted molar refractivity (Wildman–Crippen MR) is 156 cm³/mol. The number of methoxy groups -OCH3 is 1. The first-order chi connectivity index (χ1) is 19.6. The number of fused-ring (bicyclic) bond motifs is 1. The van der Waals surface area contributed by atoms with E-state index in [1.807, 2.05) is 42.7 Å². The van der Waals surface area contributed by atoms with Gasteiger partial charge in [-0.15, -0.1) is 0 Å². The molecule has 1 aromatic heterocycles. The fourth-order valence-corrected chi connectivity index (χ4v) is 5.53. The Kier molecular flexibility index (Phi) is 9.96. The van der Waals surface area contributed by atoms with Gasteiger partial charge in [-0.05, 0) is 81.2 Å². The van der Waals surface area contributed by atoms with Gasteiger partial charge in [0.25, 0.3) is 0 Å². The number of benzene rings is 2. The molecule has 1 aliphatic heterocycles. The Labute approximate surface area is 242 Å². The van der Waals surface area contributed by atoms with E-state index in [-0.39, 0.29) is 24.2 Å². The molecule has 41 heavy (non-hydrogen) atoms. The second-order valence-electron chi connectivity index (χ2n) is 9.85. The maximum absolute atomic E-state index is 13.6. The van der Waals surface area contributed by atoms with Crippen molar-refractivity contribution >= 4 is 40.1 Å². The van der Waals surface area contributed by atoms with Crippen LogP contribution in [0.25, 0.3) is 10.9 Å². The standard InChI is InChI=1S/C29H34F3N5O3S/c1-35(2)41-22-9-10-25(27(17-22)40-3)33-13-5-6-21-16-23-24(7-4-8-26(23)37(21)19-29(30,31)32)34-20-11-14-36(15-12-20)28(39)18-38/h4,7-10,16-17,20,33-34,38H,11-15,18-19H2,1-3H3. The van der Waals surface area contributed by atoms with Crippen LogP contribution in [0.5, 0.6) is 5.75 Å². The summed E-state index contributed by atoms with van der Waals surface area (Å²) in [6.07, 6.45) is -3.08. The van der Waals surface area contributed by atoms with Gasteiger partial charge in [-0.3, -0.25) is 9.10 Å². The van der Waals surface area contributed by atoms with E-state index < -0.39 is 19.3 Å². The highest BCUT2D eigenvalue weighted by atomic mass is 32.2. The van der Waals surface area contributed by atoms with Gasteiger partial charge in [0, 0.05) is 35.1 Å². The van der Waals surface area contributed by atoms with Crippen LogP contribution < -0.4 is 15.4 Å². The predicted octanol–water partition coefficient (Wildman–Crippen LogP) is 4.64. The zero-order chi connectivity index (χ0) is 29.6. The summed E-state index contributed by atoms with van der Waals surface area (Å²) in [5, 5.41) is 16.4. The Morgan fingerprint density at radius 1 is 1.17 bits per heavy atom. The quantitative estimate of drug-likeness (QED) is 0.248. The van der Waals surface area contributed by atoms with Gasteiger partial charge in [0.1, 0.15) is 18.9 Å². The number of ether oxygens (including phenoxy) is 1. The number of aliphatic hydroxyl groups is 1. The average Bonchev–Trinajstić information content (AvgIpc) is 3.27. The van der Waals surface area contributed by atoms with E-state index in [1.54, 1.807) is 42.2 Å². The van der Waals surface area contributed by atoms with Gasteiger partial charge in [-0.25, -0.2) is 0 Å². The van der Waals surface area contributed by atoms with E-state index in [0.29, 0.717) is 42.6 Å². The highest BCUT2D eigenvalue weighted by Crippen LogP contribution is 2.32. The SMILES string of the molecule is COc1cc(SN(C)C)ccc1NCC#Cc1cc2c(NC3CCN(C(=O)CO)CC3)cccc2n1CC(F)(F)F. The number of alkyl halides is 3. The van der Waals surface area contributed by atoms with Gasteiger partial charge >= 0.3 is 6.18 Å². The van der Waals surface area contributed by atoms with Crippen molar-refractivity contribution in [1.82, 2.24) is 13.8 Å². The van der Waals surface area contributed by atoms with Crippen LogP contribution in [0.15, 0.2) is 47.4 Å². The Hall–Kier alpha value is -3.53. The van der Waals surface area contributed by atoms with Crippen LogP contribution >= 0.6 is 11.9 Å². The minimum absolute atomic E-state index is 0.0468. The van der Waals surface area contributed by atoms with E-state index in [0.717, 1.165) is 16.3 Å². The Balaban J connectivity index is 1.54. The van der Waals surface area contributed by atoms with Gasteiger partial charge in [-0.1, -0.05) is 12.0 Å². The number of aromatic nitrogens is 1. The normalized spacial score (nSPS) is 14.2. The molecule has 8 nitrogen and oxygen atoms in total. The number of nitrogens with zero attached hydrogens (tertiary/aromatic N) is 3. The number of anilines is 2. The molecule has 0 unspecified atom stereocenters. The zero-order valence-electron chi connectivity index (χ0n) is 23.2. The first-order valence-corrected chi connectivity index (χ1v) is 14.0. The number of nitrogens with one attached hydrogen (secondary N) is 2. The van der Waals surface area contributed by atoms with Gasteiger partial charge in [-0.2, -0.15) is 13.2 Å². The molecule has 2 heterocycles. The summed E-state index contributed by atoms with van der Waals surface area (Å²) in [5.41, 5.74) is 2.16. The van der Waals surface area contributed by atoms with Crippen molar-refractivity contribution in [3.8, 4) is 17.6 Å². The minimum atomic E-state index is -4.42. The molecule has 1 aliphatic rings. The van der Waals surface area contributed by atoms with Crippen LogP contribution in [-0.4, -0.2) is 84.5 Å². The highest BCUT2D eigenvalue weighted by Gasteiger charge is 2.30. The fourth-order valence-electron chi connectivity index (χ4n) is 4.82. The largest absolute Gasteiger partial charge is 0.495 e. The Bertz CT molecular complexity index is 1420. The number of hydrogen-bond donors (Lipinski definition) is 3. The third kappa shape index (κ3) is 8.03. The molecule has 3 aromatic rings. The van der Waals surface area contributed by atoms with Crippen molar-refractivity contribution in [3.05, 3.63) is 48.2 Å². The number of amides is 1.